The van der Waals surface area contributed by atoms with Crippen LogP contribution in [0.1, 0.15) is 28.2 Å². The van der Waals surface area contributed by atoms with Crippen LogP contribution in [-0.2, 0) is 24.4 Å². The zero-order chi connectivity index (χ0) is 23.8. The van der Waals surface area contributed by atoms with E-state index in [2.05, 4.69) is 12.1 Å². The summed E-state index contributed by atoms with van der Waals surface area (Å²) in [7, 11) is 0. The van der Waals surface area contributed by atoms with E-state index in [-0.39, 0.29) is 13.0 Å². The summed E-state index contributed by atoms with van der Waals surface area (Å²) in [6.07, 6.45) is -0.0994. The van der Waals surface area contributed by atoms with E-state index in [0.29, 0.717) is 17.9 Å². The van der Waals surface area contributed by atoms with Crippen LogP contribution in [0.2, 0.25) is 0 Å². The lowest BCUT2D eigenvalue weighted by molar-refractivity contribution is -0.136. The average Bonchev–Trinajstić information content (AvgIpc) is 3.36. The number of benzene rings is 3. The molecule has 5 aromatic rings. The molecule has 0 aliphatic heterocycles. The molecule has 3 N–H and O–H groups in total. The Bertz CT molecular complexity index is 1530. The van der Waals surface area contributed by atoms with Crippen LogP contribution < -0.4 is 10.5 Å². The number of aliphatic carboxylic acids is 1. The zero-order valence-electron chi connectivity index (χ0n) is 19.1. The smallest absolute Gasteiger partial charge is 0.307 e. The Hall–Kier alpha value is -4.03. The van der Waals surface area contributed by atoms with Crippen LogP contribution in [0.4, 0.5) is 0 Å². The number of carboxylic acid groups (broad SMARTS) is 1. The van der Waals surface area contributed by atoms with Crippen molar-refractivity contribution in [2.45, 2.75) is 33.4 Å². The first-order valence-electron chi connectivity index (χ1n) is 11.1. The van der Waals surface area contributed by atoms with E-state index in [1.807, 2.05) is 50.2 Å². The van der Waals surface area contributed by atoms with Gasteiger partial charge < -0.3 is 24.4 Å². The number of hydrogen-bond acceptors (Lipinski definition) is 5. The van der Waals surface area contributed by atoms with Crippen molar-refractivity contribution >= 4 is 27.9 Å². The van der Waals surface area contributed by atoms with Crippen molar-refractivity contribution in [1.82, 2.24) is 0 Å². The van der Waals surface area contributed by atoms with Crippen molar-refractivity contribution < 1.29 is 23.5 Å². The second kappa shape index (κ2) is 8.72. The molecular formula is C28H25NO5. The summed E-state index contributed by atoms with van der Waals surface area (Å²) in [5.41, 5.74) is 12.0. The first-order valence-corrected chi connectivity index (χ1v) is 11.1. The minimum atomic E-state index is -0.900. The second-order valence-electron chi connectivity index (χ2n) is 8.41. The predicted molar refractivity (Wildman–Crippen MR) is 131 cm³/mol. The highest BCUT2D eigenvalue weighted by atomic mass is 16.5. The molecule has 0 aliphatic carbocycles. The third kappa shape index (κ3) is 3.93. The predicted octanol–water partition coefficient (Wildman–Crippen LogP) is 6.13. The number of fused-ring (bicyclic) bond motifs is 3. The zero-order valence-corrected chi connectivity index (χ0v) is 19.1. The number of ether oxygens (including phenoxy) is 1. The molecule has 0 fully saturated rings. The van der Waals surface area contributed by atoms with Gasteiger partial charge in [-0.1, -0.05) is 36.4 Å². The minimum absolute atomic E-state index is 0.0994. The molecule has 0 bridgehead atoms. The van der Waals surface area contributed by atoms with Crippen LogP contribution >= 0.6 is 0 Å². The van der Waals surface area contributed by atoms with E-state index >= 15 is 0 Å². The lowest BCUT2D eigenvalue weighted by Gasteiger charge is -2.11. The quantitative estimate of drug-likeness (QED) is 0.306. The number of para-hydroxylation sites is 1. The van der Waals surface area contributed by atoms with Gasteiger partial charge in [0.1, 0.15) is 35.0 Å². The van der Waals surface area contributed by atoms with E-state index in [0.717, 1.165) is 55.7 Å². The van der Waals surface area contributed by atoms with Gasteiger partial charge in [0, 0.05) is 28.6 Å². The fourth-order valence-corrected chi connectivity index (χ4v) is 4.41. The van der Waals surface area contributed by atoms with Crippen molar-refractivity contribution in [3.63, 3.8) is 0 Å². The lowest BCUT2D eigenvalue weighted by atomic mass is 9.98. The van der Waals surface area contributed by atoms with Gasteiger partial charge in [0.15, 0.2) is 0 Å². The molecule has 0 amide bonds. The number of furan rings is 2. The van der Waals surface area contributed by atoms with Crippen molar-refractivity contribution in [2.24, 2.45) is 5.73 Å². The maximum absolute atomic E-state index is 11.2. The maximum atomic E-state index is 11.2. The maximum Gasteiger partial charge on any atom is 0.307 e. The standard InChI is InChI=1S/C28H25NO5/c1-16-10-23-27(33-16)21(19-8-5-6-18(11-19)14-29)13-22-24(17(2)34-28(22)23)15-32-25-9-4-3-7-20(25)12-26(30)31/h3-11,13H,12,14-15,29H2,1-2H3,(H,30,31). The Kier molecular flexibility index (Phi) is 5.59. The summed E-state index contributed by atoms with van der Waals surface area (Å²) in [6, 6.07) is 19.4. The Morgan fingerprint density at radius 1 is 0.971 bits per heavy atom. The van der Waals surface area contributed by atoms with Gasteiger partial charge in [0.2, 0.25) is 0 Å². The Morgan fingerprint density at radius 3 is 2.59 bits per heavy atom. The summed E-state index contributed by atoms with van der Waals surface area (Å²) in [5, 5.41) is 11.1. The number of nitrogens with two attached hydrogens (primary N) is 1. The number of hydrogen-bond donors (Lipinski definition) is 2. The van der Waals surface area contributed by atoms with Gasteiger partial charge in [-0.05, 0) is 49.2 Å². The molecule has 0 atom stereocenters. The van der Waals surface area contributed by atoms with Crippen LogP contribution in [0.5, 0.6) is 5.75 Å². The normalized spacial score (nSPS) is 11.4. The summed E-state index contributed by atoms with van der Waals surface area (Å²) in [5.74, 6) is 1.20. The molecule has 0 saturated carbocycles. The van der Waals surface area contributed by atoms with Crippen LogP contribution in [-0.4, -0.2) is 11.1 Å². The highest BCUT2D eigenvalue weighted by molar-refractivity contribution is 6.10. The molecule has 6 heteroatoms. The number of carboxylic acids is 1. The monoisotopic (exact) mass is 455 g/mol. The van der Waals surface area contributed by atoms with E-state index in [1.54, 1.807) is 12.1 Å². The molecule has 0 saturated heterocycles. The number of rotatable bonds is 7. The number of aryl methyl sites for hydroxylation is 2. The first kappa shape index (κ1) is 21.8. The molecule has 0 aliphatic rings. The van der Waals surface area contributed by atoms with Crippen LogP contribution in [0.25, 0.3) is 33.1 Å². The van der Waals surface area contributed by atoms with E-state index in [4.69, 9.17) is 19.3 Å². The van der Waals surface area contributed by atoms with Crippen molar-refractivity contribution in [3.05, 3.63) is 88.9 Å². The topological polar surface area (TPSA) is 98.8 Å². The number of carbonyl (C=O) groups is 1. The van der Waals surface area contributed by atoms with Gasteiger partial charge in [-0.25, -0.2) is 0 Å². The van der Waals surface area contributed by atoms with Gasteiger partial charge in [-0.15, -0.1) is 0 Å². The molecule has 3 aromatic carbocycles. The van der Waals surface area contributed by atoms with Crippen LogP contribution in [0.3, 0.4) is 0 Å². The lowest BCUT2D eigenvalue weighted by Crippen LogP contribution is -2.04. The molecule has 2 heterocycles. The molecular weight excluding hydrogens is 430 g/mol. The molecule has 6 nitrogen and oxygen atoms in total. The SMILES string of the molecule is Cc1cc2c(o1)c(-c1cccc(CN)c1)cc1c(COc3ccccc3CC(=O)O)c(C)oc12. The minimum Gasteiger partial charge on any atom is -0.488 e. The third-order valence-corrected chi connectivity index (χ3v) is 6.04. The largest absolute Gasteiger partial charge is 0.488 e. The average molecular weight is 456 g/mol. The van der Waals surface area contributed by atoms with E-state index in [1.165, 1.54) is 0 Å². The van der Waals surface area contributed by atoms with Gasteiger partial charge in [-0.2, -0.15) is 0 Å². The molecule has 34 heavy (non-hydrogen) atoms. The van der Waals surface area contributed by atoms with Gasteiger partial charge >= 0.3 is 5.97 Å². The van der Waals surface area contributed by atoms with Crippen molar-refractivity contribution in [3.8, 4) is 16.9 Å². The third-order valence-electron chi connectivity index (χ3n) is 6.04. The van der Waals surface area contributed by atoms with Gasteiger partial charge in [0.25, 0.3) is 0 Å². The van der Waals surface area contributed by atoms with E-state index < -0.39 is 5.97 Å². The summed E-state index contributed by atoms with van der Waals surface area (Å²) in [6.45, 7) is 4.54. The van der Waals surface area contributed by atoms with Crippen LogP contribution in [0, 0.1) is 13.8 Å². The fourth-order valence-electron chi connectivity index (χ4n) is 4.41. The summed E-state index contributed by atoms with van der Waals surface area (Å²) >= 11 is 0. The van der Waals surface area contributed by atoms with Gasteiger partial charge in [-0.3, -0.25) is 4.79 Å². The van der Waals surface area contributed by atoms with E-state index in [9.17, 15) is 9.90 Å². The summed E-state index contributed by atoms with van der Waals surface area (Å²) < 4.78 is 18.4. The van der Waals surface area contributed by atoms with Crippen molar-refractivity contribution in [2.75, 3.05) is 0 Å². The highest BCUT2D eigenvalue weighted by Gasteiger charge is 2.21. The Morgan fingerprint density at radius 2 is 1.79 bits per heavy atom. The Labute approximate surface area is 196 Å². The first-order chi connectivity index (χ1) is 16.4. The molecule has 0 radical (unpaired) electrons. The second-order valence-corrected chi connectivity index (χ2v) is 8.41. The molecule has 2 aromatic heterocycles. The highest BCUT2D eigenvalue weighted by Crippen LogP contribution is 2.40. The molecule has 0 unspecified atom stereocenters. The fraction of sp³-hybridized carbons (Fsp3) is 0.179. The molecule has 0 spiro atoms. The summed E-state index contributed by atoms with van der Waals surface area (Å²) in [4.78, 5) is 11.2. The van der Waals surface area contributed by atoms with Crippen molar-refractivity contribution in [1.29, 1.82) is 0 Å². The van der Waals surface area contributed by atoms with Gasteiger partial charge in [0.05, 0.1) is 11.8 Å². The molecule has 5 rings (SSSR count). The van der Waals surface area contributed by atoms with Crippen LogP contribution in [0.15, 0.2) is 69.5 Å². The molecule has 172 valence electrons. The Balaban J connectivity index is 1.62.